The van der Waals surface area contributed by atoms with Gasteiger partial charge in [-0.1, -0.05) is 0 Å². The first-order valence-electron chi connectivity index (χ1n) is 8.27. The summed E-state index contributed by atoms with van der Waals surface area (Å²) in [5.41, 5.74) is 5.50. The Kier molecular flexibility index (Phi) is 9.81. The maximum atomic E-state index is 12.7. The van der Waals surface area contributed by atoms with Gasteiger partial charge in [0.05, 0.1) is 12.6 Å². The third-order valence-corrected chi connectivity index (χ3v) is 5.06. The van der Waals surface area contributed by atoms with Crippen LogP contribution in [0.5, 0.6) is 0 Å². The Morgan fingerprint density at radius 3 is 2.65 bits per heavy atom. The van der Waals surface area contributed by atoms with Crippen LogP contribution in [0.2, 0.25) is 0 Å². The number of carbonyl (C=O) groups excluding carboxylic acids is 3. The highest BCUT2D eigenvalue weighted by Gasteiger charge is 2.37. The standard InChI is InChI=1S/C15H26N4O5S2/c1-26-6-4-10(14(22)19-5-2-3-11(19)15(23)24)18-12(20)7-17-13(21)9(16)8-25/h9-11,25H,2-8,16H2,1H3,(H,17,21)(H,18,20)(H,23,24). The number of amides is 3. The fraction of sp³-hybridized carbons (Fsp3) is 0.733. The van der Waals surface area contributed by atoms with Gasteiger partial charge in [-0.05, 0) is 31.3 Å². The van der Waals surface area contributed by atoms with Crippen molar-refractivity contribution in [2.24, 2.45) is 5.73 Å². The van der Waals surface area contributed by atoms with E-state index in [1.807, 2.05) is 6.26 Å². The summed E-state index contributed by atoms with van der Waals surface area (Å²) in [6.45, 7) is 0.0424. The van der Waals surface area contributed by atoms with E-state index in [0.717, 1.165) is 0 Å². The number of hydrogen-bond acceptors (Lipinski definition) is 7. The van der Waals surface area contributed by atoms with Gasteiger partial charge < -0.3 is 26.4 Å². The van der Waals surface area contributed by atoms with Crippen molar-refractivity contribution in [2.45, 2.75) is 37.4 Å². The maximum Gasteiger partial charge on any atom is 0.326 e. The van der Waals surface area contributed by atoms with Crippen LogP contribution in [-0.4, -0.2) is 82.7 Å². The second-order valence-corrected chi connectivity index (χ2v) is 7.29. The van der Waals surface area contributed by atoms with Crippen LogP contribution < -0.4 is 16.4 Å². The molecule has 0 spiro atoms. The lowest BCUT2D eigenvalue weighted by Crippen LogP contribution is -2.54. The topological polar surface area (TPSA) is 142 Å². The van der Waals surface area contributed by atoms with Crippen molar-refractivity contribution in [3.8, 4) is 0 Å². The molecule has 1 heterocycles. The van der Waals surface area contributed by atoms with Gasteiger partial charge in [0.2, 0.25) is 17.7 Å². The van der Waals surface area contributed by atoms with Gasteiger partial charge >= 0.3 is 5.97 Å². The van der Waals surface area contributed by atoms with E-state index in [1.54, 1.807) is 0 Å². The SMILES string of the molecule is CSCCC(NC(=O)CNC(=O)C(N)CS)C(=O)N1CCCC1C(=O)O. The van der Waals surface area contributed by atoms with Gasteiger partial charge in [-0.25, -0.2) is 4.79 Å². The third kappa shape index (κ3) is 6.69. The smallest absolute Gasteiger partial charge is 0.326 e. The zero-order valence-electron chi connectivity index (χ0n) is 14.6. The zero-order chi connectivity index (χ0) is 19.7. The summed E-state index contributed by atoms with van der Waals surface area (Å²) in [4.78, 5) is 49.0. The normalized spacial score (nSPS) is 18.9. The van der Waals surface area contributed by atoms with Crippen LogP contribution in [0.25, 0.3) is 0 Å². The number of hydrogen-bond donors (Lipinski definition) is 5. The molecule has 3 unspecified atom stereocenters. The van der Waals surface area contributed by atoms with E-state index in [0.29, 0.717) is 31.6 Å². The van der Waals surface area contributed by atoms with E-state index in [4.69, 9.17) is 5.73 Å². The number of nitrogens with zero attached hydrogens (tertiary/aromatic N) is 1. The van der Waals surface area contributed by atoms with Crippen LogP contribution in [-0.2, 0) is 19.2 Å². The first-order chi connectivity index (χ1) is 12.3. The lowest BCUT2D eigenvalue weighted by Gasteiger charge is -2.27. The molecule has 0 aliphatic carbocycles. The largest absolute Gasteiger partial charge is 0.480 e. The number of thiol groups is 1. The second-order valence-electron chi connectivity index (χ2n) is 5.94. The summed E-state index contributed by atoms with van der Waals surface area (Å²) in [5, 5.41) is 14.2. The molecule has 0 bridgehead atoms. The molecule has 0 aromatic rings. The lowest BCUT2D eigenvalue weighted by atomic mass is 10.1. The Balaban J connectivity index is 2.67. The number of likely N-dealkylation sites (tertiary alicyclic amines) is 1. The number of aliphatic carboxylic acids is 1. The first kappa shape index (κ1) is 22.6. The van der Waals surface area contributed by atoms with Crippen LogP contribution in [0.15, 0.2) is 0 Å². The molecule has 148 valence electrons. The molecule has 3 amide bonds. The molecule has 1 rings (SSSR count). The van der Waals surface area contributed by atoms with E-state index < -0.39 is 41.8 Å². The van der Waals surface area contributed by atoms with Gasteiger partial charge in [-0.2, -0.15) is 24.4 Å². The van der Waals surface area contributed by atoms with E-state index in [-0.39, 0.29) is 12.3 Å². The van der Waals surface area contributed by atoms with Crippen LogP contribution >= 0.6 is 24.4 Å². The predicted octanol–water partition coefficient (Wildman–Crippen LogP) is -1.33. The molecule has 0 aromatic carbocycles. The van der Waals surface area contributed by atoms with Gasteiger partial charge in [0, 0.05) is 12.3 Å². The van der Waals surface area contributed by atoms with E-state index in [2.05, 4.69) is 23.3 Å². The van der Waals surface area contributed by atoms with Crippen molar-refractivity contribution in [2.75, 3.05) is 30.9 Å². The van der Waals surface area contributed by atoms with Gasteiger partial charge in [0.1, 0.15) is 12.1 Å². The minimum atomic E-state index is -1.04. The molecule has 26 heavy (non-hydrogen) atoms. The summed E-state index contributed by atoms with van der Waals surface area (Å²) in [6.07, 6.45) is 3.27. The number of carboxylic acids is 1. The number of carboxylic acid groups (broad SMARTS) is 1. The van der Waals surface area contributed by atoms with Crippen molar-refractivity contribution in [3.63, 3.8) is 0 Å². The molecule has 1 saturated heterocycles. The molecule has 3 atom stereocenters. The summed E-state index contributed by atoms with van der Waals surface area (Å²) >= 11 is 5.42. The number of rotatable bonds is 10. The number of nitrogens with one attached hydrogen (secondary N) is 2. The van der Waals surface area contributed by atoms with Crippen LogP contribution in [0, 0.1) is 0 Å². The summed E-state index contributed by atoms with van der Waals surface area (Å²) < 4.78 is 0. The molecular formula is C15H26N4O5S2. The molecule has 1 aliphatic rings. The first-order valence-corrected chi connectivity index (χ1v) is 10.3. The zero-order valence-corrected chi connectivity index (χ0v) is 16.4. The Bertz CT molecular complexity index is 534. The minimum absolute atomic E-state index is 0.147. The predicted molar refractivity (Wildman–Crippen MR) is 102 cm³/mol. The van der Waals surface area contributed by atoms with Crippen LogP contribution in [0.3, 0.4) is 0 Å². The fourth-order valence-electron chi connectivity index (χ4n) is 2.61. The van der Waals surface area contributed by atoms with Gasteiger partial charge in [-0.3, -0.25) is 14.4 Å². The van der Waals surface area contributed by atoms with Crippen LogP contribution in [0.4, 0.5) is 0 Å². The Labute approximate surface area is 162 Å². The maximum absolute atomic E-state index is 12.7. The van der Waals surface area contributed by atoms with Crippen molar-refractivity contribution in [1.82, 2.24) is 15.5 Å². The molecule has 0 aromatic heterocycles. The van der Waals surface area contributed by atoms with Gasteiger partial charge in [0.25, 0.3) is 0 Å². The van der Waals surface area contributed by atoms with E-state index in [1.165, 1.54) is 16.7 Å². The number of nitrogens with two attached hydrogens (primary N) is 1. The highest BCUT2D eigenvalue weighted by molar-refractivity contribution is 7.98. The van der Waals surface area contributed by atoms with Crippen molar-refractivity contribution < 1.29 is 24.3 Å². The molecule has 0 saturated carbocycles. The minimum Gasteiger partial charge on any atom is -0.480 e. The van der Waals surface area contributed by atoms with E-state index >= 15 is 0 Å². The monoisotopic (exact) mass is 406 g/mol. The Hall–Kier alpha value is -1.46. The molecule has 11 heteroatoms. The second kappa shape index (κ2) is 11.3. The highest BCUT2D eigenvalue weighted by atomic mass is 32.2. The van der Waals surface area contributed by atoms with Crippen molar-refractivity contribution in [3.05, 3.63) is 0 Å². The average molecular weight is 407 g/mol. The molecule has 9 nitrogen and oxygen atoms in total. The Morgan fingerprint density at radius 1 is 1.38 bits per heavy atom. The quantitative estimate of drug-likeness (QED) is 0.283. The third-order valence-electron chi connectivity index (χ3n) is 4.02. The number of thioether (sulfide) groups is 1. The van der Waals surface area contributed by atoms with Gasteiger partial charge in [-0.15, -0.1) is 0 Å². The summed E-state index contributed by atoms with van der Waals surface area (Å²) in [6, 6.07) is -2.50. The number of carbonyl (C=O) groups is 4. The molecule has 0 radical (unpaired) electrons. The summed E-state index contributed by atoms with van der Waals surface area (Å²) in [7, 11) is 0. The van der Waals surface area contributed by atoms with Crippen molar-refractivity contribution >= 4 is 48.1 Å². The molecule has 5 N–H and O–H groups in total. The molecule has 1 aliphatic heterocycles. The average Bonchev–Trinajstić information content (AvgIpc) is 3.11. The molecule has 1 fully saturated rings. The van der Waals surface area contributed by atoms with Crippen molar-refractivity contribution in [1.29, 1.82) is 0 Å². The molecular weight excluding hydrogens is 380 g/mol. The highest BCUT2D eigenvalue weighted by Crippen LogP contribution is 2.19. The fourth-order valence-corrected chi connectivity index (χ4v) is 3.24. The lowest BCUT2D eigenvalue weighted by molar-refractivity contribution is -0.149. The summed E-state index contributed by atoms with van der Waals surface area (Å²) in [5.74, 6) is -1.72. The van der Waals surface area contributed by atoms with E-state index in [9.17, 15) is 24.3 Å². The van der Waals surface area contributed by atoms with Crippen LogP contribution in [0.1, 0.15) is 19.3 Å². The Morgan fingerprint density at radius 2 is 2.08 bits per heavy atom. The van der Waals surface area contributed by atoms with Gasteiger partial charge in [0.15, 0.2) is 0 Å².